The van der Waals surface area contributed by atoms with Gasteiger partial charge in [-0.1, -0.05) is 25.5 Å². The first-order chi connectivity index (χ1) is 14.3. The van der Waals surface area contributed by atoms with Crippen molar-refractivity contribution in [3.8, 4) is 11.5 Å². The first-order valence-corrected chi connectivity index (χ1v) is 11.7. The zero-order valence-corrected chi connectivity index (χ0v) is 18.2. The van der Waals surface area contributed by atoms with Crippen LogP contribution in [-0.4, -0.2) is 27.3 Å². The van der Waals surface area contributed by atoms with Gasteiger partial charge in [-0.2, -0.15) is 12.3 Å². The Hall–Kier alpha value is -2.48. The van der Waals surface area contributed by atoms with E-state index in [0.717, 1.165) is 17.6 Å². The second-order valence-electron chi connectivity index (χ2n) is 7.26. The van der Waals surface area contributed by atoms with Gasteiger partial charge in [-0.15, -0.1) is 0 Å². The second-order valence-corrected chi connectivity index (χ2v) is 9.65. The van der Waals surface area contributed by atoms with Crippen molar-refractivity contribution in [2.75, 3.05) is 18.8 Å². The molecule has 7 heteroatoms. The van der Waals surface area contributed by atoms with E-state index in [-0.39, 0.29) is 28.5 Å². The van der Waals surface area contributed by atoms with E-state index in [1.54, 1.807) is 43.5 Å². The number of ether oxygens (including phenoxy) is 1. The minimum absolute atomic E-state index is 0.0150. The number of rotatable bonds is 8. The molecule has 0 saturated carbocycles. The fraction of sp³-hybridized carbons (Fsp3) is 0.304. The number of nitrogens with zero attached hydrogens (tertiary/aromatic N) is 1. The average Bonchev–Trinajstić information content (AvgIpc) is 2.76. The lowest BCUT2D eigenvalue weighted by atomic mass is 10.1. The van der Waals surface area contributed by atoms with Crippen LogP contribution in [0.1, 0.15) is 25.8 Å². The summed E-state index contributed by atoms with van der Waals surface area (Å²) >= 11 is 0. The number of benzene rings is 2. The van der Waals surface area contributed by atoms with Crippen LogP contribution >= 0.6 is 0 Å². The lowest BCUT2D eigenvalue weighted by molar-refractivity contribution is 0.469. The topological polar surface area (TPSA) is 69.4 Å². The summed E-state index contributed by atoms with van der Waals surface area (Å²) in [5.74, 6) is 0.742. The standard InChI is InChI=1S/C23H28FN2O3S/c1-3-7-19-14-20(24)11-12-23(19)29-22-10-5-9-21(15-22)26(30(27,28)4-2)13-6-8-18(16-25)17-26/h5-6,8-12,14-15,17H,3-4,7,13,16,25H2,1-2H3/q+1. The van der Waals surface area contributed by atoms with E-state index in [9.17, 15) is 12.8 Å². The average molecular weight is 432 g/mol. The Labute approximate surface area is 177 Å². The number of halogens is 1. The van der Waals surface area contributed by atoms with Gasteiger partial charge in [0.1, 0.15) is 30.1 Å². The van der Waals surface area contributed by atoms with Crippen LogP contribution in [0.5, 0.6) is 11.5 Å². The Kier molecular flexibility index (Phi) is 6.75. The Morgan fingerprint density at radius 3 is 2.67 bits per heavy atom. The highest BCUT2D eigenvalue weighted by molar-refractivity contribution is 7.91. The fourth-order valence-electron chi connectivity index (χ4n) is 3.63. The number of nitrogens with two attached hydrogens (primary N) is 1. The third-order valence-corrected chi connectivity index (χ3v) is 7.39. The Morgan fingerprint density at radius 2 is 1.97 bits per heavy atom. The molecule has 5 nitrogen and oxygen atoms in total. The van der Waals surface area contributed by atoms with Crippen LogP contribution in [0.2, 0.25) is 0 Å². The molecule has 1 atom stereocenters. The SMILES string of the molecule is CCCc1cc(F)ccc1Oc1cccc([N+]2(S(=O)(=O)CC)C=C(CN)C=CC2)c1. The third-order valence-electron chi connectivity index (χ3n) is 5.20. The van der Waals surface area contributed by atoms with Gasteiger partial charge < -0.3 is 10.5 Å². The van der Waals surface area contributed by atoms with Gasteiger partial charge in [0.2, 0.25) is 0 Å². The molecule has 0 amide bonds. The first kappa shape index (κ1) is 22.2. The molecule has 1 unspecified atom stereocenters. The minimum Gasteiger partial charge on any atom is -0.457 e. The summed E-state index contributed by atoms with van der Waals surface area (Å²) in [7, 11) is -3.54. The maximum atomic E-state index is 13.7. The lowest BCUT2D eigenvalue weighted by Crippen LogP contribution is -2.51. The van der Waals surface area contributed by atoms with Gasteiger partial charge in [0.15, 0.2) is 5.69 Å². The van der Waals surface area contributed by atoms with Crippen LogP contribution in [0.4, 0.5) is 10.1 Å². The molecule has 0 bridgehead atoms. The molecule has 0 aromatic heterocycles. The molecule has 1 aliphatic heterocycles. The van der Waals surface area contributed by atoms with E-state index in [0.29, 0.717) is 23.6 Å². The predicted octanol–water partition coefficient (Wildman–Crippen LogP) is 4.64. The molecule has 0 aliphatic carbocycles. The van der Waals surface area contributed by atoms with Crippen molar-refractivity contribution in [3.63, 3.8) is 0 Å². The van der Waals surface area contributed by atoms with E-state index < -0.39 is 10.0 Å². The summed E-state index contributed by atoms with van der Waals surface area (Å²) in [6, 6.07) is 11.5. The summed E-state index contributed by atoms with van der Waals surface area (Å²) in [6.45, 7) is 4.19. The molecule has 2 aromatic rings. The second kappa shape index (κ2) is 9.12. The number of aryl methyl sites for hydroxylation is 1. The van der Waals surface area contributed by atoms with Gasteiger partial charge in [-0.3, -0.25) is 0 Å². The quantitative estimate of drug-likeness (QED) is 0.618. The largest absolute Gasteiger partial charge is 0.457 e. The van der Waals surface area contributed by atoms with Crippen molar-refractivity contribution in [1.29, 1.82) is 0 Å². The molecular weight excluding hydrogens is 403 g/mol. The van der Waals surface area contributed by atoms with Gasteiger partial charge in [-0.05, 0) is 49.2 Å². The molecule has 30 heavy (non-hydrogen) atoms. The van der Waals surface area contributed by atoms with Gasteiger partial charge >= 0.3 is 10.0 Å². The van der Waals surface area contributed by atoms with Crippen LogP contribution in [0.25, 0.3) is 0 Å². The summed E-state index contributed by atoms with van der Waals surface area (Å²) in [5.41, 5.74) is 7.90. The van der Waals surface area contributed by atoms with E-state index in [1.807, 2.05) is 19.1 Å². The summed E-state index contributed by atoms with van der Waals surface area (Å²) in [5, 5.41) is 0. The zero-order chi connectivity index (χ0) is 21.8. The van der Waals surface area contributed by atoms with Crippen molar-refractivity contribution in [3.05, 3.63) is 77.8 Å². The molecule has 0 spiro atoms. The monoisotopic (exact) mass is 431 g/mol. The Morgan fingerprint density at radius 1 is 1.17 bits per heavy atom. The van der Waals surface area contributed by atoms with Crippen molar-refractivity contribution in [2.24, 2.45) is 5.73 Å². The van der Waals surface area contributed by atoms with E-state index in [2.05, 4.69) is 0 Å². The molecule has 2 aromatic carbocycles. The van der Waals surface area contributed by atoms with E-state index >= 15 is 0 Å². The molecular formula is C23H28FN2O3S+. The zero-order valence-electron chi connectivity index (χ0n) is 17.3. The summed E-state index contributed by atoms with van der Waals surface area (Å²) in [6.07, 6.45) is 6.94. The van der Waals surface area contributed by atoms with E-state index in [1.165, 1.54) is 12.1 Å². The highest BCUT2D eigenvalue weighted by Crippen LogP contribution is 2.36. The van der Waals surface area contributed by atoms with E-state index in [4.69, 9.17) is 10.5 Å². The van der Waals surface area contributed by atoms with Crippen LogP contribution in [0.15, 0.2) is 66.4 Å². The molecule has 0 radical (unpaired) electrons. The molecule has 1 aliphatic rings. The summed E-state index contributed by atoms with van der Waals surface area (Å²) < 4.78 is 45.7. The van der Waals surface area contributed by atoms with Crippen LogP contribution < -0.4 is 14.4 Å². The smallest absolute Gasteiger partial charge is 0.306 e. The lowest BCUT2D eigenvalue weighted by Gasteiger charge is -2.34. The van der Waals surface area contributed by atoms with Crippen molar-refractivity contribution in [1.82, 2.24) is 3.89 Å². The Balaban J connectivity index is 2.06. The van der Waals surface area contributed by atoms with Crippen LogP contribution in [0.3, 0.4) is 0 Å². The summed E-state index contributed by atoms with van der Waals surface area (Å²) in [4.78, 5) is 0. The molecule has 3 rings (SSSR count). The van der Waals surface area contributed by atoms with Gasteiger partial charge in [0, 0.05) is 24.3 Å². The Bertz CT molecular complexity index is 1080. The predicted molar refractivity (Wildman–Crippen MR) is 119 cm³/mol. The minimum atomic E-state index is -3.54. The molecule has 0 fully saturated rings. The van der Waals surface area contributed by atoms with Crippen LogP contribution in [0, 0.1) is 5.82 Å². The highest BCUT2D eigenvalue weighted by Gasteiger charge is 2.42. The number of quaternary nitrogens is 1. The highest BCUT2D eigenvalue weighted by atomic mass is 32.2. The molecule has 2 N–H and O–H groups in total. The maximum Gasteiger partial charge on any atom is 0.306 e. The van der Waals surface area contributed by atoms with Crippen LogP contribution in [-0.2, 0) is 16.4 Å². The number of hydrogen-bond donors (Lipinski definition) is 1. The normalized spacial score (nSPS) is 18.9. The molecule has 160 valence electrons. The number of sulfonamides is 1. The maximum absolute atomic E-state index is 13.7. The van der Waals surface area contributed by atoms with Crippen molar-refractivity contribution in [2.45, 2.75) is 26.7 Å². The van der Waals surface area contributed by atoms with Gasteiger partial charge in [0.25, 0.3) is 0 Å². The molecule has 1 heterocycles. The fourth-order valence-corrected chi connectivity index (χ4v) is 5.14. The number of hydrogen-bond acceptors (Lipinski definition) is 4. The first-order valence-electron chi connectivity index (χ1n) is 10.1. The van der Waals surface area contributed by atoms with Gasteiger partial charge in [-0.25, -0.2) is 4.39 Å². The van der Waals surface area contributed by atoms with Crippen molar-refractivity contribution >= 4 is 15.7 Å². The van der Waals surface area contributed by atoms with Gasteiger partial charge in [0.05, 0.1) is 5.75 Å². The molecule has 0 saturated heterocycles. The third kappa shape index (κ3) is 4.33. The van der Waals surface area contributed by atoms with Crippen molar-refractivity contribution < 1.29 is 17.5 Å².